The smallest absolute Gasteiger partial charge is 0.304 e. The van der Waals surface area contributed by atoms with Crippen LogP contribution in [0.25, 0.3) is 0 Å². The number of rotatable bonds is 7. The van der Waals surface area contributed by atoms with Crippen molar-refractivity contribution in [2.75, 3.05) is 13.1 Å². The number of nitrogens with one attached hydrogen (secondary N) is 1. The number of carbonyl (C=O) groups excluding carboxylic acids is 1. The molecule has 20 heavy (non-hydrogen) atoms. The minimum absolute atomic E-state index is 0.0241. The Morgan fingerprint density at radius 1 is 1.25 bits per heavy atom. The molecular formula is C15H28N2O3. The van der Waals surface area contributed by atoms with Gasteiger partial charge in [0.25, 0.3) is 0 Å². The Morgan fingerprint density at radius 3 is 2.35 bits per heavy atom. The van der Waals surface area contributed by atoms with Gasteiger partial charge in [0, 0.05) is 12.1 Å². The molecule has 0 heterocycles. The van der Waals surface area contributed by atoms with E-state index in [0.29, 0.717) is 19.1 Å². The average molecular weight is 284 g/mol. The number of hydrogen-bond donors (Lipinski definition) is 2. The van der Waals surface area contributed by atoms with Crippen LogP contribution >= 0.6 is 0 Å². The van der Waals surface area contributed by atoms with Crippen LogP contribution in [0.15, 0.2) is 0 Å². The minimum Gasteiger partial charge on any atom is -0.481 e. The van der Waals surface area contributed by atoms with Gasteiger partial charge in [0.1, 0.15) is 0 Å². The molecule has 1 unspecified atom stereocenters. The molecule has 0 saturated heterocycles. The fourth-order valence-electron chi connectivity index (χ4n) is 2.84. The summed E-state index contributed by atoms with van der Waals surface area (Å²) in [6, 6.07) is 0.191. The second kappa shape index (κ2) is 8.95. The highest BCUT2D eigenvalue weighted by Crippen LogP contribution is 2.17. The van der Waals surface area contributed by atoms with E-state index in [1.165, 1.54) is 25.7 Å². The highest BCUT2D eigenvalue weighted by atomic mass is 16.4. The van der Waals surface area contributed by atoms with Crippen molar-refractivity contribution >= 4 is 11.9 Å². The van der Waals surface area contributed by atoms with Gasteiger partial charge in [-0.15, -0.1) is 0 Å². The molecule has 0 aromatic rings. The summed E-state index contributed by atoms with van der Waals surface area (Å²) < 4.78 is 0. The fourth-order valence-corrected chi connectivity index (χ4v) is 2.84. The van der Waals surface area contributed by atoms with Gasteiger partial charge < -0.3 is 10.4 Å². The highest BCUT2D eigenvalue weighted by molar-refractivity contribution is 5.78. The van der Waals surface area contributed by atoms with Crippen molar-refractivity contribution in [2.45, 2.75) is 70.9 Å². The third-order valence-corrected chi connectivity index (χ3v) is 4.07. The minimum atomic E-state index is -0.819. The zero-order chi connectivity index (χ0) is 15.0. The largest absolute Gasteiger partial charge is 0.481 e. The summed E-state index contributed by atoms with van der Waals surface area (Å²) >= 11 is 0. The lowest BCUT2D eigenvalue weighted by atomic mass is 10.1. The molecule has 1 rings (SSSR count). The van der Waals surface area contributed by atoms with Crippen LogP contribution in [0.2, 0.25) is 0 Å². The van der Waals surface area contributed by atoms with Crippen LogP contribution in [0.4, 0.5) is 0 Å². The van der Waals surface area contributed by atoms with Gasteiger partial charge in [0.05, 0.1) is 13.0 Å². The molecule has 116 valence electrons. The van der Waals surface area contributed by atoms with Gasteiger partial charge in [-0.25, -0.2) is 0 Å². The van der Waals surface area contributed by atoms with E-state index in [9.17, 15) is 9.59 Å². The summed E-state index contributed by atoms with van der Waals surface area (Å²) in [5, 5.41) is 11.9. The maximum Gasteiger partial charge on any atom is 0.304 e. The lowest BCUT2D eigenvalue weighted by Gasteiger charge is -2.27. The lowest BCUT2D eigenvalue weighted by molar-refractivity contribution is -0.139. The second-order valence-electron chi connectivity index (χ2n) is 5.77. The van der Waals surface area contributed by atoms with Gasteiger partial charge in [-0.1, -0.05) is 32.6 Å². The van der Waals surface area contributed by atoms with Crippen LogP contribution in [-0.4, -0.2) is 47.1 Å². The Labute approximate surface area is 121 Å². The number of amides is 1. The summed E-state index contributed by atoms with van der Waals surface area (Å²) in [7, 11) is 0. The number of carbonyl (C=O) groups is 2. The molecule has 5 nitrogen and oxygen atoms in total. The van der Waals surface area contributed by atoms with Gasteiger partial charge in [0.15, 0.2) is 0 Å². The van der Waals surface area contributed by atoms with Crippen molar-refractivity contribution in [1.82, 2.24) is 10.2 Å². The maximum absolute atomic E-state index is 12.1. The van der Waals surface area contributed by atoms with Crippen molar-refractivity contribution in [1.29, 1.82) is 0 Å². The highest BCUT2D eigenvalue weighted by Gasteiger charge is 2.20. The van der Waals surface area contributed by atoms with E-state index in [0.717, 1.165) is 12.8 Å². The number of nitrogens with zero attached hydrogens (tertiary/aromatic N) is 1. The van der Waals surface area contributed by atoms with Crippen LogP contribution in [0, 0.1) is 0 Å². The van der Waals surface area contributed by atoms with Crippen LogP contribution in [0.1, 0.15) is 58.8 Å². The molecule has 1 saturated carbocycles. The van der Waals surface area contributed by atoms with Gasteiger partial charge in [-0.05, 0) is 26.3 Å². The first-order valence-corrected chi connectivity index (χ1v) is 7.78. The summed E-state index contributed by atoms with van der Waals surface area (Å²) in [6.07, 6.45) is 7.14. The molecule has 1 aliphatic carbocycles. The number of carboxylic acid groups (broad SMARTS) is 1. The van der Waals surface area contributed by atoms with Crippen LogP contribution in [-0.2, 0) is 9.59 Å². The van der Waals surface area contributed by atoms with E-state index in [1.54, 1.807) is 0 Å². The van der Waals surface area contributed by atoms with Crippen LogP contribution in [0.3, 0.4) is 0 Å². The predicted molar refractivity (Wildman–Crippen MR) is 78.6 cm³/mol. The average Bonchev–Trinajstić information content (AvgIpc) is 2.63. The van der Waals surface area contributed by atoms with E-state index >= 15 is 0 Å². The molecule has 0 aliphatic heterocycles. The molecule has 1 aliphatic rings. The monoisotopic (exact) mass is 284 g/mol. The van der Waals surface area contributed by atoms with E-state index in [1.807, 2.05) is 18.7 Å². The predicted octanol–water partition coefficient (Wildman–Crippen LogP) is 2.01. The zero-order valence-electron chi connectivity index (χ0n) is 12.7. The molecule has 0 aromatic carbocycles. The third kappa shape index (κ3) is 6.37. The Bertz CT molecular complexity index is 312. The fraction of sp³-hybridized carbons (Fsp3) is 0.867. The molecule has 0 spiro atoms. The SMILES string of the molecule is CCN(CC(=O)NC1CCCCCC1)C(C)CC(=O)O. The van der Waals surface area contributed by atoms with Crippen LogP contribution in [0.5, 0.6) is 0 Å². The van der Waals surface area contributed by atoms with Gasteiger partial charge >= 0.3 is 5.97 Å². The number of hydrogen-bond acceptors (Lipinski definition) is 3. The molecule has 1 atom stereocenters. The molecule has 5 heteroatoms. The first-order valence-electron chi connectivity index (χ1n) is 7.78. The third-order valence-electron chi connectivity index (χ3n) is 4.07. The second-order valence-corrected chi connectivity index (χ2v) is 5.77. The molecule has 0 radical (unpaired) electrons. The Hall–Kier alpha value is -1.10. The van der Waals surface area contributed by atoms with Gasteiger partial charge in [-0.2, -0.15) is 0 Å². The van der Waals surface area contributed by atoms with Gasteiger partial charge in [0.2, 0.25) is 5.91 Å². The Balaban J connectivity index is 2.39. The molecule has 1 fully saturated rings. The molecule has 1 amide bonds. The molecular weight excluding hydrogens is 256 g/mol. The van der Waals surface area contributed by atoms with Gasteiger partial charge in [-0.3, -0.25) is 14.5 Å². The van der Waals surface area contributed by atoms with Crippen molar-refractivity contribution in [3.05, 3.63) is 0 Å². The first-order chi connectivity index (χ1) is 9.52. The van der Waals surface area contributed by atoms with E-state index in [2.05, 4.69) is 5.32 Å². The topological polar surface area (TPSA) is 69.6 Å². The van der Waals surface area contributed by atoms with Crippen molar-refractivity contribution in [3.8, 4) is 0 Å². The van der Waals surface area contributed by atoms with E-state index in [-0.39, 0.29) is 18.4 Å². The number of aliphatic carboxylic acids is 1. The van der Waals surface area contributed by atoms with Crippen molar-refractivity contribution in [2.24, 2.45) is 0 Å². The Kier molecular flexibility index (Phi) is 7.59. The Morgan fingerprint density at radius 2 is 1.85 bits per heavy atom. The number of carboxylic acids is 1. The summed E-state index contributed by atoms with van der Waals surface area (Å²) in [5.41, 5.74) is 0. The summed E-state index contributed by atoms with van der Waals surface area (Å²) in [6.45, 7) is 4.79. The molecule has 2 N–H and O–H groups in total. The lowest BCUT2D eigenvalue weighted by Crippen LogP contribution is -2.45. The van der Waals surface area contributed by atoms with Crippen LogP contribution < -0.4 is 5.32 Å². The zero-order valence-corrected chi connectivity index (χ0v) is 12.7. The molecule has 0 bridgehead atoms. The molecule has 0 aromatic heterocycles. The standard InChI is InChI=1S/C15H28N2O3/c1-3-17(12(2)10-15(19)20)11-14(18)16-13-8-6-4-5-7-9-13/h12-13H,3-11H2,1-2H3,(H,16,18)(H,19,20). The normalized spacial score (nSPS) is 18.6. The van der Waals surface area contributed by atoms with E-state index < -0.39 is 5.97 Å². The number of likely N-dealkylation sites (N-methyl/N-ethyl adjacent to an activating group) is 1. The summed E-state index contributed by atoms with van der Waals surface area (Å²) in [4.78, 5) is 24.7. The van der Waals surface area contributed by atoms with Crippen molar-refractivity contribution in [3.63, 3.8) is 0 Å². The maximum atomic E-state index is 12.1. The summed E-state index contributed by atoms with van der Waals surface area (Å²) in [5.74, 6) is -0.795. The quantitative estimate of drug-likeness (QED) is 0.702. The van der Waals surface area contributed by atoms with Crippen molar-refractivity contribution < 1.29 is 14.7 Å². The van der Waals surface area contributed by atoms with E-state index in [4.69, 9.17) is 5.11 Å². The first kappa shape index (κ1) is 17.0.